The number of thiol groups is 1. The van der Waals surface area contributed by atoms with E-state index in [1.165, 1.54) is 0 Å². The molecule has 0 aliphatic carbocycles. The van der Waals surface area contributed by atoms with Crippen LogP contribution in [0.25, 0.3) is 0 Å². The summed E-state index contributed by atoms with van der Waals surface area (Å²) >= 11 is 3.86. The fourth-order valence-corrected chi connectivity index (χ4v) is 0.703. The first-order valence-corrected chi connectivity index (χ1v) is 3.98. The van der Waals surface area contributed by atoms with Gasteiger partial charge in [0.05, 0.1) is 11.8 Å². The smallest absolute Gasteiger partial charge is 0.308 e. The van der Waals surface area contributed by atoms with Crippen LogP contribution in [0.1, 0.15) is 27.2 Å². The zero-order valence-electron chi connectivity index (χ0n) is 7.13. The van der Waals surface area contributed by atoms with Crippen LogP contribution < -0.4 is 5.73 Å². The van der Waals surface area contributed by atoms with Crippen LogP contribution >= 0.6 is 12.6 Å². The molecule has 0 aliphatic rings. The largest absolute Gasteiger partial charge is 0.460 e. The highest BCUT2D eigenvalue weighted by molar-refractivity contribution is 7.80. The highest BCUT2D eigenvalue weighted by Gasteiger charge is 2.16. The first-order chi connectivity index (χ1) is 4.81. The van der Waals surface area contributed by atoms with Crippen molar-refractivity contribution in [2.75, 3.05) is 0 Å². The van der Waals surface area contributed by atoms with E-state index in [0.29, 0.717) is 0 Å². The van der Waals surface area contributed by atoms with E-state index >= 15 is 0 Å². The maximum absolute atomic E-state index is 10.9. The van der Waals surface area contributed by atoms with Crippen molar-refractivity contribution in [2.45, 2.75) is 38.2 Å². The molecule has 0 aromatic heterocycles. The lowest BCUT2D eigenvalue weighted by atomic mass is 10.2. The third-order valence-electron chi connectivity index (χ3n) is 0.796. The number of hydrogen-bond acceptors (Lipinski definition) is 4. The minimum Gasteiger partial charge on any atom is -0.460 e. The topological polar surface area (TPSA) is 52.3 Å². The standard InChI is InChI=1S/C7H15NO2S/c1-7(2,3)10-6(9)4-5(8)11/h5,11H,4,8H2,1-3H3. The zero-order chi connectivity index (χ0) is 9.07. The Balaban J connectivity index is 3.71. The van der Waals surface area contributed by atoms with Crippen LogP contribution in [0.4, 0.5) is 0 Å². The van der Waals surface area contributed by atoms with Crippen LogP contribution in [-0.4, -0.2) is 16.9 Å². The van der Waals surface area contributed by atoms with E-state index in [4.69, 9.17) is 10.5 Å². The third-order valence-corrected chi connectivity index (χ3v) is 0.978. The van der Waals surface area contributed by atoms with Crippen LogP contribution in [0.15, 0.2) is 0 Å². The molecule has 0 aromatic rings. The quantitative estimate of drug-likeness (QED) is 0.375. The van der Waals surface area contributed by atoms with Gasteiger partial charge in [0.15, 0.2) is 0 Å². The Labute approximate surface area is 72.7 Å². The fourth-order valence-electron chi connectivity index (χ4n) is 0.554. The Kier molecular flexibility index (Phi) is 3.89. The van der Waals surface area contributed by atoms with Gasteiger partial charge in [-0.2, -0.15) is 12.6 Å². The number of ether oxygens (including phenoxy) is 1. The molecule has 0 fully saturated rings. The SMILES string of the molecule is CC(C)(C)OC(=O)CC(N)S. The van der Waals surface area contributed by atoms with Crippen molar-refractivity contribution in [2.24, 2.45) is 5.73 Å². The van der Waals surface area contributed by atoms with Gasteiger partial charge in [0, 0.05) is 0 Å². The summed E-state index contributed by atoms with van der Waals surface area (Å²) in [6, 6.07) is 0. The van der Waals surface area contributed by atoms with Gasteiger partial charge in [-0.25, -0.2) is 0 Å². The average Bonchev–Trinajstić information content (AvgIpc) is 1.53. The predicted octanol–water partition coefficient (Wildman–Crippen LogP) is 0.933. The monoisotopic (exact) mass is 177 g/mol. The summed E-state index contributed by atoms with van der Waals surface area (Å²) in [7, 11) is 0. The van der Waals surface area contributed by atoms with Crippen molar-refractivity contribution in [3.05, 3.63) is 0 Å². The van der Waals surface area contributed by atoms with Crippen LogP contribution in [0.3, 0.4) is 0 Å². The Morgan fingerprint density at radius 1 is 1.64 bits per heavy atom. The number of hydrogen-bond donors (Lipinski definition) is 2. The molecule has 0 radical (unpaired) electrons. The van der Waals surface area contributed by atoms with Gasteiger partial charge in [0.2, 0.25) is 0 Å². The first kappa shape index (κ1) is 10.8. The molecule has 0 saturated carbocycles. The first-order valence-electron chi connectivity index (χ1n) is 3.47. The van der Waals surface area contributed by atoms with Crippen molar-refractivity contribution in [3.63, 3.8) is 0 Å². The normalized spacial score (nSPS) is 14.3. The Morgan fingerprint density at radius 2 is 2.09 bits per heavy atom. The van der Waals surface area contributed by atoms with Crippen molar-refractivity contribution in [3.8, 4) is 0 Å². The molecule has 3 nitrogen and oxygen atoms in total. The molecule has 11 heavy (non-hydrogen) atoms. The lowest BCUT2D eigenvalue weighted by Gasteiger charge is -2.19. The van der Waals surface area contributed by atoms with Gasteiger partial charge in [0.25, 0.3) is 0 Å². The highest BCUT2D eigenvalue weighted by atomic mass is 32.1. The predicted molar refractivity (Wildman–Crippen MR) is 47.4 cm³/mol. The number of esters is 1. The summed E-state index contributed by atoms with van der Waals surface area (Å²) in [5.41, 5.74) is 4.84. The van der Waals surface area contributed by atoms with Gasteiger partial charge in [-0.3, -0.25) is 4.79 Å². The minimum atomic E-state index is -0.431. The number of nitrogens with two attached hydrogens (primary N) is 1. The van der Waals surface area contributed by atoms with Crippen LogP contribution in [0.2, 0.25) is 0 Å². The van der Waals surface area contributed by atoms with Gasteiger partial charge >= 0.3 is 5.97 Å². The lowest BCUT2D eigenvalue weighted by Crippen LogP contribution is -2.27. The summed E-state index contributed by atoms with van der Waals surface area (Å²) in [4.78, 5) is 10.9. The number of carbonyl (C=O) groups excluding carboxylic acids is 1. The van der Waals surface area contributed by atoms with Crippen molar-refractivity contribution in [1.82, 2.24) is 0 Å². The Hall–Kier alpha value is -0.220. The lowest BCUT2D eigenvalue weighted by molar-refractivity contribution is -0.154. The summed E-state index contributed by atoms with van der Waals surface area (Å²) < 4.78 is 4.98. The van der Waals surface area contributed by atoms with E-state index < -0.39 is 11.0 Å². The van der Waals surface area contributed by atoms with Crippen molar-refractivity contribution < 1.29 is 9.53 Å². The summed E-state index contributed by atoms with van der Waals surface area (Å²) in [5.74, 6) is -0.306. The molecular formula is C7H15NO2S. The van der Waals surface area contributed by atoms with Crippen molar-refractivity contribution >= 4 is 18.6 Å². The third kappa shape index (κ3) is 7.68. The second-order valence-electron chi connectivity index (χ2n) is 3.36. The van der Waals surface area contributed by atoms with Crippen LogP contribution in [0, 0.1) is 0 Å². The van der Waals surface area contributed by atoms with E-state index in [1.807, 2.05) is 20.8 Å². The zero-order valence-corrected chi connectivity index (χ0v) is 8.02. The van der Waals surface area contributed by atoms with E-state index in [9.17, 15) is 4.79 Å². The number of rotatable bonds is 2. The molecule has 0 aromatic carbocycles. The van der Waals surface area contributed by atoms with Crippen LogP contribution in [0.5, 0.6) is 0 Å². The average molecular weight is 177 g/mol. The molecule has 0 amide bonds. The molecule has 4 heteroatoms. The molecule has 1 unspecified atom stereocenters. The van der Waals surface area contributed by atoms with Gasteiger partial charge in [0.1, 0.15) is 5.60 Å². The van der Waals surface area contributed by atoms with E-state index in [0.717, 1.165) is 0 Å². The molecule has 0 bridgehead atoms. The molecule has 0 spiro atoms. The Bertz CT molecular complexity index is 140. The second-order valence-corrected chi connectivity index (χ2v) is 4.02. The minimum absolute atomic E-state index is 0.153. The Morgan fingerprint density at radius 3 is 2.36 bits per heavy atom. The molecule has 0 aliphatic heterocycles. The van der Waals surface area contributed by atoms with Crippen LogP contribution in [-0.2, 0) is 9.53 Å². The maximum atomic E-state index is 10.9. The van der Waals surface area contributed by atoms with E-state index in [1.54, 1.807) is 0 Å². The molecule has 0 heterocycles. The second kappa shape index (κ2) is 3.97. The summed E-state index contributed by atoms with van der Waals surface area (Å²) in [5, 5.41) is -0.426. The van der Waals surface area contributed by atoms with E-state index in [-0.39, 0.29) is 12.4 Å². The molecule has 2 N–H and O–H groups in total. The van der Waals surface area contributed by atoms with Gasteiger partial charge < -0.3 is 10.5 Å². The van der Waals surface area contributed by atoms with Gasteiger partial charge in [-0.1, -0.05) is 0 Å². The summed E-state index contributed by atoms with van der Waals surface area (Å²) in [6.45, 7) is 5.44. The molecule has 1 atom stereocenters. The van der Waals surface area contributed by atoms with E-state index in [2.05, 4.69) is 12.6 Å². The molecular weight excluding hydrogens is 162 g/mol. The van der Waals surface area contributed by atoms with Crippen molar-refractivity contribution in [1.29, 1.82) is 0 Å². The maximum Gasteiger partial charge on any atom is 0.308 e. The highest BCUT2D eigenvalue weighted by Crippen LogP contribution is 2.09. The molecule has 0 rings (SSSR count). The fraction of sp³-hybridized carbons (Fsp3) is 0.857. The summed E-state index contributed by atoms with van der Waals surface area (Å²) in [6.07, 6.45) is 0.153. The molecule has 0 saturated heterocycles. The van der Waals surface area contributed by atoms with Gasteiger partial charge in [-0.15, -0.1) is 0 Å². The van der Waals surface area contributed by atoms with Gasteiger partial charge in [-0.05, 0) is 20.8 Å². The molecule has 66 valence electrons. The number of carbonyl (C=O) groups is 1.